The van der Waals surface area contributed by atoms with Gasteiger partial charge in [0, 0.05) is 17.9 Å². The highest BCUT2D eigenvalue weighted by atomic mass is 32.2. The lowest BCUT2D eigenvalue weighted by molar-refractivity contribution is 0.393. The number of nitrogens with one attached hydrogen (secondary N) is 1. The summed E-state index contributed by atoms with van der Waals surface area (Å²) < 4.78 is 36.5. The largest absolute Gasteiger partial charge is 0.497 e. The van der Waals surface area contributed by atoms with Gasteiger partial charge in [0.25, 0.3) is 5.16 Å². The van der Waals surface area contributed by atoms with Gasteiger partial charge < -0.3 is 14.8 Å². The maximum atomic E-state index is 12.1. The second-order valence-corrected chi connectivity index (χ2v) is 9.01. The number of benzene rings is 1. The van der Waals surface area contributed by atoms with Crippen LogP contribution in [0.3, 0.4) is 0 Å². The molecule has 0 aliphatic carbocycles. The zero-order valence-corrected chi connectivity index (χ0v) is 18.1. The van der Waals surface area contributed by atoms with E-state index < -0.39 is 9.84 Å². The molecule has 3 aromatic rings. The van der Waals surface area contributed by atoms with Crippen LogP contribution in [0.25, 0.3) is 5.65 Å². The molecule has 0 bridgehead atoms. The molecule has 2 heterocycles. The molecule has 29 heavy (non-hydrogen) atoms. The van der Waals surface area contributed by atoms with Gasteiger partial charge >= 0.3 is 0 Å². The average molecular weight is 420 g/mol. The summed E-state index contributed by atoms with van der Waals surface area (Å²) in [5, 5.41) is 7.36. The second-order valence-electron chi connectivity index (χ2n) is 7.10. The van der Waals surface area contributed by atoms with Crippen LogP contribution in [0.15, 0.2) is 29.6 Å². The Morgan fingerprint density at radius 3 is 2.17 bits per heavy atom. The summed E-state index contributed by atoms with van der Waals surface area (Å²) in [6.45, 7) is 5.92. The van der Waals surface area contributed by atoms with Crippen LogP contribution in [0.2, 0.25) is 0 Å². The Bertz CT molecular complexity index is 1120. The fourth-order valence-corrected chi connectivity index (χ4v) is 3.40. The van der Waals surface area contributed by atoms with E-state index in [-0.39, 0.29) is 23.1 Å². The van der Waals surface area contributed by atoms with E-state index in [0.29, 0.717) is 17.1 Å². The minimum absolute atomic E-state index is 0.128. The van der Waals surface area contributed by atoms with Crippen molar-refractivity contribution in [1.29, 1.82) is 0 Å². The molecule has 0 aliphatic heterocycles. The van der Waals surface area contributed by atoms with E-state index >= 15 is 0 Å². The van der Waals surface area contributed by atoms with Gasteiger partial charge in [-0.1, -0.05) is 13.8 Å². The van der Waals surface area contributed by atoms with Crippen molar-refractivity contribution in [2.24, 2.45) is 0 Å². The van der Waals surface area contributed by atoms with Gasteiger partial charge in [0.05, 0.1) is 26.5 Å². The van der Waals surface area contributed by atoms with Crippen LogP contribution in [-0.2, 0) is 9.84 Å². The normalized spacial score (nSPS) is 12.9. The summed E-state index contributed by atoms with van der Waals surface area (Å²) in [7, 11) is -0.435. The highest BCUT2D eigenvalue weighted by Crippen LogP contribution is 2.29. The highest BCUT2D eigenvalue weighted by Gasteiger charge is 2.21. The molecule has 1 atom stereocenters. The quantitative estimate of drug-likeness (QED) is 0.623. The van der Waals surface area contributed by atoms with Gasteiger partial charge in [-0.15, -0.1) is 0 Å². The Morgan fingerprint density at radius 2 is 1.66 bits per heavy atom. The minimum atomic E-state index is -3.60. The number of anilines is 1. The summed E-state index contributed by atoms with van der Waals surface area (Å²) >= 11 is 0. The fourth-order valence-electron chi connectivity index (χ4n) is 2.90. The van der Waals surface area contributed by atoms with Gasteiger partial charge in [-0.05, 0) is 30.5 Å². The molecule has 1 aromatic carbocycles. The van der Waals surface area contributed by atoms with E-state index in [0.717, 1.165) is 17.4 Å². The zero-order valence-electron chi connectivity index (χ0n) is 17.3. The van der Waals surface area contributed by atoms with Crippen molar-refractivity contribution in [3.05, 3.63) is 35.5 Å². The Labute approximate surface area is 170 Å². The van der Waals surface area contributed by atoms with Crippen LogP contribution >= 0.6 is 0 Å². The van der Waals surface area contributed by atoms with Gasteiger partial charge in [-0.3, -0.25) is 0 Å². The van der Waals surface area contributed by atoms with E-state index in [9.17, 15) is 8.42 Å². The Balaban J connectivity index is 2.10. The molecule has 0 saturated heterocycles. The number of hydrogen-bond acceptors (Lipinski definition) is 8. The monoisotopic (exact) mass is 419 g/mol. The van der Waals surface area contributed by atoms with Crippen molar-refractivity contribution in [2.45, 2.75) is 37.9 Å². The van der Waals surface area contributed by atoms with E-state index in [1.54, 1.807) is 26.5 Å². The van der Waals surface area contributed by atoms with Crippen LogP contribution < -0.4 is 14.8 Å². The molecule has 0 radical (unpaired) electrons. The summed E-state index contributed by atoms with van der Waals surface area (Å²) in [4.78, 5) is 8.47. The van der Waals surface area contributed by atoms with Gasteiger partial charge in [-0.25, -0.2) is 8.42 Å². The zero-order chi connectivity index (χ0) is 21.3. The third-order valence-corrected chi connectivity index (χ3v) is 5.39. The van der Waals surface area contributed by atoms with Crippen LogP contribution in [-0.4, -0.2) is 48.5 Å². The maximum Gasteiger partial charge on any atom is 0.252 e. The van der Waals surface area contributed by atoms with Gasteiger partial charge in [0.1, 0.15) is 11.5 Å². The standard InChI is InChI=1S/C19H25N5O4S/c1-11(2)16-10-20-24-17(16)22-19(29(6,25)26)23-18(24)21-12(3)13-7-14(27-4)9-15(8-13)28-5/h7-12H,1-6H3,(H,21,22,23). The number of aromatic nitrogens is 4. The number of fused-ring (bicyclic) bond motifs is 1. The number of methoxy groups -OCH3 is 2. The first kappa shape index (κ1) is 20.8. The molecular weight excluding hydrogens is 394 g/mol. The molecule has 0 amide bonds. The highest BCUT2D eigenvalue weighted by molar-refractivity contribution is 7.90. The molecule has 9 nitrogen and oxygen atoms in total. The van der Waals surface area contributed by atoms with Gasteiger partial charge in [0.15, 0.2) is 5.65 Å². The lowest BCUT2D eigenvalue weighted by Crippen LogP contribution is -2.16. The van der Waals surface area contributed by atoms with Crippen molar-refractivity contribution >= 4 is 21.4 Å². The van der Waals surface area contributed by atoms with E-state index in [2.05, 4.69) is 20.4 Å². The first-order valence-corrected chi connectivity index (χ1v) is 11.0. The third-order valence-electron chi connectivity index (χ3n) is 4.55. The number of rotatable bonds is 7. The Morgan fingerprint density at radius 1 is 1.03 bits per heavy atom. The van der Waals surface area contributed by atoms with E-state index in [1.165, 1.54) is 4.52 Å². The molecule has 0 fully saturated rings. The second kappa shape index (κ2) is 7.86. The lowest BCUT2D eigenvalue weighted by atomic mass is 10.1. The molecule has 1 unspecified atom stereocenters. The third kappa shape index (κ3) is 4.26. The van der Waals surface area contributed by atoms with Crippen molar-refractivity contribution < 1.29 is 17.9 Å². The van der Waals surface area contributed by atoms with Crippen LogP contribution in [0.5, 0.6) is 11.5 Å². The average Bonchev–Trinajstić information content (AvgIpc) is 3.11. The van der Waals surface area contributed by atoms with E-state index in [1.807, 2.05) is 32.9 Å². The van der Waals surface area contributed by atoms with E-state index in [4.69, 9.17) is 9.47 Å². The summed E-state index contributed by atoms with van der Waals surface area (Å²) in [5.74, 6) is 1.72. The molecule has 10 heteroatoms. The molecule has 156 valence electrons. The maximum absolute atomic E-state index is 12.1. The van der Waals surface area contributed by atoms with Crippen molar-refractivity contribution in [3.63, 3.8) is 0 Å². The molecule has 3 rings (SSSR count). The fraction of sp³-hybridized carbons (Fsp3) is 0.421. The number of sulfone groups is 1. The topological polar surface area (TPSA) is 108 Å². The Hall–Kier alpha value is -2.88. The molecule has 0 saturated carbocycles. The van der Waals surface area contributed by atoms with Gasteiger partial charge in [0.2, 0.25) is 15.8 Å². The number of hydrogen-bond donors (Lipinski definition) is 1. The van der Waals surface area contributed by atoms with Crippen LogP contribution in [0.4, 0.5) is 5.95 Å². The smallest absolute Gasteiger partial charge is 0.252 e. The summed E-state index contributed by atoms with van der Waals surface area (Å²) in [6.07, 6.45) is 2.77. The first-order valence-electron chi connectivity index (χ1n) is 9.09. The molecular formula is C19H25N5O4S. The predicted octanol–water partition coefficient (Wildman–Crippen LogP) is 2.84. The molecule has 1 N–H and O–H groups in total. The minimum Gasteiger partial charge on any atom is -0.497 e. The van der Waals surface area contributed by atoms with Crippen molar-refractivity contribution in [3.8, 4) is 11.5 Å². The first-order chi connectivity index (χ1) is 13.6. The van der Waals surface area contributed by atoms with Crippen molar-refractivity contribution in [1.82, 2.24) is 19.6 Å². The van der Waals surface area contributed by atoms with Crippen LogP contribution in [0.1, 0.15) is 43.9 Å². The predicted molar refractivity (Wildman–Crippen MR) is 110 cm³/mol. The van der Waals surface area contributed by atoms with Gasteiger partial charge in [-0.2, -0.15) is 19.6 Å². The number of nitrogens with zero attached hydrogens (tertiary/aromatic N) is 4. The van der Waals surface area contributed by atoms with Crippen molar-refractivity contribution in [2.75, 3.05) is 25.8 Å². The SMILES string of the molecule is COc1cc(OC)cc(C(C)Nc2nc(S(C)(=O)=O)nc3c(C(C)C)cnn23)c1. The summed E-state index contributed by atoms with van der Waals surface area (Å²) in [6, 6.07) is 5.29. The summed E-state index contributed by atoms with van der Waals surface area (Å²) in [5.41, 5.74) is 2.19. The Kier molecular flexibility index (Phi) is 5.65. The number of ether oxygens (including phenoxy) is 2. The molecule has 0 aliphatic rings. The van der Waals surface area contributed by atoms with Crippen LogP contribution in [0, 0.1) is 0 Å². The lowest BCUT2D eigenvalue weighted by Gasteiger charge is -2.18. The molecule has 0 spiro atoms. The molecule has 2 aromatic heterocycles.